The van der Waals surface area contributed by atoms with Gasteiger partial charge in [0.05, 0.1) is 0 Å². The van der Waals surface area contributed by atoms with Gasteiger partial charge in [0.25, 0.3) is 0 Å². The maximum absolute atomic E-state index is 3.63. The van der Waals surface area contributed by atoms with Crippen LogP contribution >= 0.6 is 0 Å². The van der Waals surface area contributed by atoms with Crippen molar-refractivity contribution in [2.75, 3.05) is 33.7 Å². The number of rotatable bonds is 6. The van der Waals surface area contributed by atoms with E-state index in [0.717, 1.165) is 25.6 Å². The largest absolute Gasteiger partial charge is 0.316 e. The quantitative estimate of drug-likeness (QED) is 0.818. The van der Waals surface area contributed by atoms with Crippen LogP contribution in [0.5, 0.6) is 0 Å². The van der Waals surface area contributed by atoms with Crippen molar-refractivity contribution in [1.29, 1.82) is 0 Å². The highest BCUT2D eigenvalue weighted by molar-refractivity contribution is 5.26. The molecule has 1 aromatic carbocycles. The Morgan fingerprint density at radius 2 is 2.05 bits per heavy atom. The molecule has 1 unspecified atom stereocenters. The third-order valence-corrected chi connectivity index (χ3v) is 3.75. The second-order valence-corrected chi connectivity index (χ2v) is 5.85. The van der Waals surface area contributed by atoms with E-state index in [1.165, 1.54) is 37.1 Å². The Kier molecular flexibility index (Phi) is 5.83. The predicted molar refractivity (Wildman–Crippen MR) is 81.1 cm³/mol. The van der Waals surface area contributed by atoms with Crippen molar-refractivity contribution in [3.63, 3.8) is 0 Å². The first kappa shape index (κ1) is 14.5. The second kappa shape index (κ2) is 7.63. The molecule has 3 nitrogen and oxygen atoms in total. The minimum atomic E-state index is 0.801. The lowest BCUT2D eigenvalue weighted by molar-refractivity contribution is 0.359. The highest BCUT2D eigenvalue weighted by atomic mass is 15.0. The highest BCUT2D eigenvalue weighted by Gasteiger charge is 2.12. The van der Waals surface area contributed by atoms with E-state index in [1.807, 2.05) is 0 Å². The lowest BCUT2D eigenvalue weighted by Crippen LogP contribution is -2.36. The molecule has 1 atom stereocenters. The normalized spacial score (nSPS) is 19.8. The minimum absolute atomic E-state index is 0.801. The molecule has 1 aliphatic rings. The fourth-order valence-corrected chi connectivity index (χ4v) is 2.73. The first-order chi connectivity index (χ1) is 9.25. The Morgan fingerprint density at radius 1 is 1.26 bits per heavy atom. The van der Waals surface area contributed by atoms with Crippen molar-refractivity contribution >= 4 is 0 Å². The van der Waals surface area contributed by atoms with Crippen molar-refractivity contribution in [3.05, 3.63) is 35.4 Å². The summed E-state index contributed by atoms with van der Waals surface area (Å²) in [6.07, 6.45) is 2.68. The summed E-state index contributed by atoms with van der Waals surface area (Å²) >= 11 is 0. The third kappa shape index (κ3) is 4.94. The number of nitrogens with one attached hydrogen (secondary N) is 2. The maximum atomic E-state index is 3.63. The monoisotopic (exact) mass is 261 g/mol. The van der Waals surface area contributed by atoms with Crippen molar-refractivity contribution in [3.8, 4) is 0 Å². The molecule has 0 saturated carbocycles. The third-order valence-electron chi connectivity index (χ3n) is 3.75. The zero-order valence-corrected chi connectivity index (χ0v) is 12.3. The Morgan fingerprint density at radius 3 is 2.74 bits per heavy atom. The molecule has 1 aromatic rings. The van der Waals surface area contributed by atoms with Gasteiger partial charge in [-0.25, -0.2) is 0 Å². The van der Waals surface area contributed by atoms with Crippen LogP contribution in [0.1, 0.15) is 24.0 Å². The van der Waals surface area contributed by atoms with Gasteiger partial charge in [-0.1, -0.05) is 24.3 Å². The molecule has 2 N–H and O–H groups in total. The van der Waals surface area contributed by atoms with Gasteiger partial charge < -0.3 is 15.5 Å². The van der Waals surface area contributed by atoms with Gasteiger partial charge in [0.15, 0.2) is 0 Å². The molecule has 0 aromatic heterocycles. The molecule has 0 bridgehead atoms. The molecule has 0 radical (unpaired) electrons. The van der Waals surface area contributed by atoms with E-state index in [4.69, 9.17) is 0 Å². The standard InChI is InChI=1S/C16H27N3/c1-19(2)13-16-8-4-3-7-15(16)12-18-11-14-6-5-9-17-10-14/h3-4,7-8,14,17-18H,5-6,9-13H2,1-2H3. The van der Waals surface area contributed by atoms with E-state index in [2.05, 4.69) is 53.9 Å². The van der Waals surface area contributed by atoms with Gasteiger partial charge in [-0.05, 0) is 63.6 Å². The lowest BCUT2D eigenvalue weighted by Gasteiger charge is -2.23. The fourth-order valence-electron chi connectivity index (χ4n) is 2.73. The van der Waals surface area contributed by atoms with Crippen LogP contribution in [0, 0.1) is 5.92 Å². The smallest absolute Gasteiger partial charge is 0.0230 e. The summed E-state index contributed by atoms with van der Waals surface area (Å²) in [4.78, 5) is 2.23. The van der Waals surface area contributed by atoms with Crippen LogP contribution in [-0.2, 0) is 13.1 Å². The fraction of sp³-hybridized carbons (Fsp3) is 0.625. The van der Waals surface area contributed by atoms with Gasteiger partial charge in [-0.3, -0.25) is 0 Å². The summed E-state index contributed by atoms with van der Waals surface area (Å²) in [5.41, 5.74) is 2.86. The summed E-state index contributed by atoms with van der Waals surface area (Å²) < 4.78 is 0. The van der Waals surface area contributed by atoms with Crippen molar-refractivity contribution in [2.45, 2.75) is 25.9 Å². The van der Waals surface area contributed by atoms with Crippen LogP contribution in [-0.4, -0.2) is 38.6 Å². The number of benzene rings is 1. The van der Waals surface area contributed by atoms with E-state index >= 15 is 0 Å². The Labute approximate surface area is 117 Å². The molecule has 2 rings (SSSR count). The SMILES string of the molecule is CN(C)Cc1ccccc1CNCC1CCCNC1. The van der Waals surface area contributed by atoms with Gasteiger partial charge >= 0.3 is 0 Å². The zero-order chi connectivity index (χ0) is 13.5. The van der Waals surface area contributed by atoms with E-state index in [1.54, 1.807) is 0 Å². The van der Waals surface area contributed by atoms with Gasteiger partial charge in [-0.15, -0.1) is 0 Å². The highest BCUT2D eigenvalue weighted by Crippen LogP contribution is 2.12. The topological polar surface area (TPSA) is 27.3 Å². The molecule has 0 spiro atoms. The van der Waals surface area contributed by atoms with Crippen molar-refractivity contribution < 1.29 is 0 Å². The molecule has 19 heavy (non-hydrogen) atoms. The van der Waals surface area contributed by atoms with Crippen molar-refractivity contribution in [1.82, 2.24) is 15.5 Å². The lowest BCUT2D eigenvalue weighted by atomic mass is 9.99. The minimum Gasteiger partial charge on any atom is -0.316 e. The molecule has 1 fully saturated rings. The number of hydrogen-bond donors (Lipinski definition) is 2. The predicted octanol–water partition coefficient (Wildman–Crippen LogP) is 1.84. The van der Waals surface area contributed by atoms with E-state index in [9.17, 15) is 0 Å². The molecular weight excluding hydrogens is 234 g/mol. The average Bonchev–Trinajstić information content (AvgIpc) is 2.41. The van der Waals surface area contributed by atoms with Crippen LogP contribution in [0.15, 0.2) is 24.3 Å². The molecule has 0 amide bonds. The Hall–Kier alpha value is -0.900. The van der Waals surface area contributed by atoms with Gasteiger partial charge in [-0.2, -0.15) is 0 Å². The molecule has 106 valence electrons. The first-order valence-corrected chi connectivity index (χ1v) is 7.38. The first-order valence-electron chi connectivity index (χ1n) is 7.38. The number of hydrogen-bond acceptors (Lipinski definition) is 3. The van der Waals surface area contributed by atoms with E-state index < -0.39 is 0 Å². The maximum Gasteiger partial charge on any atom is 0.0230 e. The van der Waals surface area contributed by atoms with Crippen LogP contribution in [0.3, 0.4) is 0 Å². The van der Waals surface area contributed by atoms with E-state index in [-0.39, 0.29) is 0 Å². The van der Waals surface area contributed by atoms with Gasteiger partial charge in [0.2, 0.25) is 0 Å². The second-order valence-electron chi connectivity index (χ2n) is 5.85. The van der Waals surface area contributed by atoms with Gasteiger partial charge in [0, 0.05) is 13.1 Å². The molecule has 1 heterocycles. The van der Waals surface area contributed by atoms with E-state index in [0.29, 0.717) is 0 Å². The Balaban J connectivity index is 1.81. The zero-order valence-electron chi connectivity index (χ0n) is 12.3. The summed E-state index contributed by atoms with van der Waals surface area (Å²) in [6, 6.07) is 8.75. The van der Waals surface area contributed by atoms with Crippen LogP contribution in [0.2, 0.25) is 0 Å². The Bertz CT molecular complexity index is 370. The van der Waals surface area contributed by atoms with Crippen LogP contribution in [0.25, 0.3) is 0 Å². The molecular formula is C16H27N3. The van der Waals surface area contributed by atoms with Crippen LogP contribution in [0.4, 0.5) is 0 Å². The number of nitrogens with zero attached hydrogens (tertiary/aromatic N) is 1. The number of piperidine rings is 1. The molecule has 3 heteroatoms. The van der Waals surface area contributed by atoms with Crippen molar-refractivity contribution in [2.24, 2.45) is 5.92 Å². The summed E-state index contributed by atoms with van der Waals surface area (Å²) in [6.45, 7) is 5.50. The van der Waals surface area contributed by atoms with Crippen LogP contribution < -0.4 is 10.6 Å². The summed E-state index contributed by atoms with van der Waals surface area (Å²) in [5.74, 6) is 0.801. The van der Waals surface area contributed by atoms with Gasteiger partial charge in [0.1, 0.15) is 0 Å². The molecule has 1 saturated heterocycles. The molecule has 0 aliphatic carbocycles. The summed E-state index contributed by atoms with van der Waals surface area (Å²) in [5, 5.41) is 7.10. The molecule has 1 aliphatic heterocycles. The summed E-state index contributed by atoms with van der Waals surface area (Å²) in [7, 11) is 4.25. The average molecular weight is 261 g/mol.